The topological polar surface area (TPSA) is 49.4 Å². The molecule has 1 N–H and O–H groups in total. The fraction of sp³-hybridized carbons (Fsp3) is 0.440. The lowest BCUT2D eigenvalue weighted by Crippen LogP contribution is -2.50. The molecule has 160 valence electrons. The van der Waals surface area contributed by atoms with E-state index in [0.717, 1.165) is 36.8 Å². The number of carbonyl (C=O) groups excluding carboxylic acids is 2. The van der Waals surface area contributed by atoms with Crippen molar-refractivity contribution >= 4 is 11.8 Å². The number of aryl methyl sites for hydroxylation is 1. The Labute approximate surface area is 178 Å². The van der Waals surface area contributed by atoms with Gasteiger partial charge in [0.1, 0.15) is 11.9 Å². The van der Waals surface area contributed by atoms with E-state index in [9.17, 15) is 14.0 Å². The summed E-state index contributed by atoms with van der Waals surface area (Å²) in [6.45, 7) is 3.76. The van der Waals surface area contributed by atoms with Gasteiger partial charge in [0.05, 0.1) is 6.42 Å². The van der Waals surface area contributed by atoms with Crippen LogP contribution >= 0.6 is 0 Å². The van der Waals surface area contributed by atoms with Gasteiger partial charge in [-0.05, 0) is 43.9 Å². The summed E-state index contributed by atoms with van der Waals surface area (Å²) < 4.78 is 14.3. The first-order valence-corrected chi connectivity index (χ1v) is 10.8. The van der Waals surface area contributed by atoms with Crippen molar-refractivity contribution in [2.24, 2.45) is 0 Å². The zero-order valence-corrected chi connectivity index (χ0v) is 17.9. The number of rotatable bonds is 7. The Morgan fingerprint density at radius 3 is 2.33 bits per heavy atom. The Kier molecular flexibility index (Phi) is 7.61. The van der Waals surface area contributed by atoms with Gasteiger partial charge in [-0.3, -0.25) is 9.59 Å². The summed E-state index contributed by atoms with van der Waals surface area (Å²) in [6.07, 6.45) is 5.57. The van der Waals surface area contributed by atoms with Crippen molar-refractivity contribution in [2.75, 3.05) is 0 Å². The van der Waals surface area contributed by atoms with Crippen LogP contribution in [0.15, 0.2) is 48.5 Å². The van der Waals surface area contributed by atoms with Crippen molar-refractivity contribution < 1.29 is 14.0 Å². The lowest BCUT2D eigenvalue weighted by atomic mass is 9.95. The number of amides is 2. The molecule has 0 saturated heterocycles. The van der Waals surface area contributed by atoms with Crippen LogP contribution < -0.4 is 5.32 Å². The number of hydrogen-bond donors (Lipinski definition) is 1. The van der Waals surface area contributed by atoms with Crippen LogP contribution in [0.5, 0.6) is 0 Å². The van der Waals surface area contributed by atoms with Gasteiger partial charge in [0.15, 0.2) is 0 Å². The van der Waals surface area contributed by atoms with E-state index < -0.39 is 6.04 Å². The number of carbonyl (C=O) groups is 2. The van der Waals surface area contributed by atoms with Crippen LogP contribution in [0.3, 0.4) is 0 Å². The molecule has 1 saturated carbocycles. The van der Waals surface area contributed by atoms with Gasteiger partial charge in [-0.25, -0.2) is 4.39 Å². The fourth-order valence-corrected chi connectivity index (χ4v) is 4.03. The summed E-state index contributed by atoms with van der Waals surface area (Å²) in [7, 11) is 0. The monoisotopic (exact) mass is 410 g/mol. The highest BCUT2D eigenvalue weighted by Crippen LogP contribution is 2.19. The molecule has 0 heterocycles. The Bertz CT molecular complexity index is 877. The Morgan fingerprint density at radius 2 is 1.67 bits per heavy atom. The van der Waals surface area contributed by atoms with E-state index in [0.29, 0.717) is 5.56 Å². The number of benzene rings is 2. The van der Waals surface area contributed by atoms with Crippen LogP contribution in [0.4, 0.5) is 4.39 Å². The molecule has 0 radical (unpaired) electrons. The van der Waals surface area contributed by atoms with Crippen molar-refractivity contribution in [3.8, 4) is 0 Å². The lowest BCUT2D eigenvalue weighted by Gasteiger charge is -2.31. The maximum absolute atomic E-state index is 14.3. The summed E-state index contributed by atoms with van der Waals surface area (Å²) in [5.41, 5.74) is 2.35. The summed E-state index contributed by atoms with van der Waals surface area (Å²) >= 11 is 0. The second kappa shape index (κ2) is 10.4. The first kappa shape index (κ1) is 22.0. The minimum Gasteiger partial charge on any atom is -0.352 e. The first-order valence-electron chi connectivity index (χ1n) is 10.8. The summed E-state index contributed by atoms with van der Waals surface area (Å²) in [6, 6.07) is 13.6. The van der Waals surface area contributed by atoms with Crippen molar-refractivity contribution in [2.45, 2.75) is 71.0 Å². The van der Waals surface area contributed by atoms with E-state index in [4.69, 9.17) is 0 Å². The molecule has 0 spiro atoms. The minimum absolute atomic E-state index is 0.0661. The lowest BCUT2D eigenvalue weighted by molar-refractivity contribution is -0.140. The van der Waals surface area contributed by atoms with Crippen molar-refractivity contribution in [1.29, 1.82) is 0 Å². The molecule has 3 rings (SSSR count). The molecule has 2 amide bonds. The summed E-state index contributed by atoms with van der Waals surface area (Å²) in [5, 5.41) is 3.10. The smallest absolute Gasteiger partial charge is 0.242 e. The van der Waals surface area contributed by atoms with Gasteiger partial charge in [-0.15, -0.1) is 0 Å². The number of nitrogens with zero attached hydrogens (tertiary/aromatic N) is 1. The largest absolute Gasteiger partial charge is 0.352 e. The molecule has 1 unspecified atom stereocenters. The van der Waals surface area contributed by atoms with Crippen molar-refractivity contribution in [3.05, 3.63) is 71.0 Å². The summed E-state index contributed by atoms with van der Waals surface area (Å²) in [5.74, 6) is -0.721. The molecular weight excluding hydrogens is 379 g/mol. The third-order valence-electron chi connectivity index (χ3n) is 6.02. The van der Waals surface area contributed by atoms with Gasteiger partial charge in [0.2, 0.25) is 11.8 Å². The second-order valence-electron chi connectivity index (χ2n) is 8.24. The molecule has 1 atom stereocenters. The Balaban J connectivity index is 1.78. The standard InChI is InChI=1S/C25H31FN2O2/c1-18-10-6-7-11-20(18)16-24(29)28(17-21-12-8-9-15-23(21)26)19(2)25(30)27-22-13-4-3-5-14-22/h6-12,15,19,22H,3-5,13-14,16-17H2,1-2H3,(H,27,30). The third kappa shape index (κ3) is 5.68. The maximum Gasteiger partial charge on any atom is 0.242 e. The minimum atomic E-state index is -0.678. The van der Waals surface area contributed by atoms with Gasteiger partial charge < -0.3 is 10.2 Å². The first-order chi connectivity index (χ1) is 14.5. The van der Waals surface area contributed by atoms with Crippen LogP contribution in [0.1, 0.15) is 55.7 Å². The predicted octanol–water partition coefficient (Wildman–Crippen LogP) is 4.54. The van der Waals surface area contributed by atoms with Gasteiger partial charge >= 0.3 is 0 Å². The molecule has 30 heavy (non-hydrogen) atoms. The van der Waals surface area contributed by atoms with Crippen LogP contribution in [-0.2, 0) is 22.6 Å². The molecule has 0 bridgehead atoms. The molecule has 0 aromatic heterocycles. The van der Waals surface area contributed by atoms with E-state index in [1.807, 2.05) is 31.2 Å². The average molecular weight is 411 g/mol. The quantitative estimate of drug-likeness (QED) is 0.728. The third-order valence-corrected chi connectivity index (χ3v) is 6.02. The molecule has 2 aromatic carbocycles. The number of hydrogen-bond acceptors (Lipinski definition) is 2. The molecule has 0 aliphatic heterocycles. The van der Waals surface area contributed by atoms with Crippen LogP contribution in [-0.4, -0.2) is 28.8 Å². The Hall–Kier alpha value is -2.69. The molecule has 1 aliphatic rings. The fourth-order valence-electron chi connectivity index (χ4n) is 4.03. The average Bonchev–Trinajstić information content (AvgIpc) is 2.75. The van der Waals surface area contributed by atoms with Crippen LogP contribution in [0.25, 0.3) is 0 Å². The zero-order chi connectivity index (χ0) is 21.5. The SMILES string of the molecule is Cc1ccccc1CC(=O)N(Cc1ccccc1F)C(C)C(=O)NC1CCCCC1. The maximum atomic E-state index is 14.3. The van der Waals surface area contributed by atoms with E-state index in [-0.39, 0.29) is 36.6 Å². The van der Waals surface area contributed by atoms with E-state index in [2.05, 4.69) is 5.32 Å². The molecule has 1 aliphatic carbocycles. The Morgan fingerprint density at radius 1 is 1.03 bits per heavy atom. The van der Waals surface area contributed by atoms with E-state index in [1.54, 1.807) is 25.1 Å². The van der Waals surface area contributed by atoms with Crippen LogP contribution in [0.2, 0.25) is 0 Å². The molecule has 1 fully saturated rings. The second-order valence-corrected chi connectivity index (χ2v) is 8.24. The zero-order valence-electron chi connectivity index (χ0n) is 17.9. The highest BCUT2D eigenvalue weighted by Gasteiger charge is 2.28. The number of nitrogens with one attached hydrogen (secondary N) is 1. The molecule has 5 heteroatoms. The highest BCUT2D eigenvalue weighted by atomic mass is 19.1. The van der Waals surface area contributed by atoms with Gasteiger partial charge in [0.25, 0.3) is 0 Å². The predicted molar refractivity (Wildman–Crippen MR) is 116 cm³/mol. The summed E-state index contributed by atoms with van der Waals surface area (Å²) in [4.78, 5) is 27.7. The molecule has 4 nitrogen and oxygen atoms in total. The van der Waals surface area contributed by atoms with Crippen molar-refractivity contribution in [3.63, 3.8) is 0 Å². The highest BCUT2D eigenvalue weighted by molar-refractivity contribution is 5.88. The van der Waals surface area contributed by atoms with Gasteiger partial charge in [-0.2, -0.15) is 0 Å². The molecule has 2 aromatic rings. The number of halogens is 1. The normalized spacial score (nSPS) is 15.4. The van der Waals surface area contributed by atoms with Crippen molar-refractivity contribution in [1.82, 2.24) is 10.2 Å². The molecular formula is C25H31FN2O2. The van der Waals surface area contributed by atoms with Crippen LogP contribution in [0, 0.1) is 12.7 Å². The van der Waals surface area contributed by atoms with E-state index in [1.165, 1.54) is 17.4 Å². The van der Waals surface area contributed by atoms with Gasteiger partial charge in [0, 0.05) is 18.2 Å². The van der Waals surface area contributed by atoms with Gasteiger partial charge in [-0.1, -0.05) is 61.7 Å². The van der Waals surface area contributed by atoms with E-state index >= 15 is 0 Å².